The summed E-state index contributed by atoms with van der Waals surface area (Å²) in [5.41, 5.74) is 2.94. The van der Waals surface area contributed by atoms with Gasteiger partial charge in [-0.15, -0.1) is 0 Å². The van der Waals surface area contributed by atoms with Gasteiger partial charge in [-0.3, -0.25) is 4.98 Å². The lowest BCUT2D eigenvalue weighted by molar-refractivity contribution is 0.0684. The van der Waals surface area contributed by atoms with Crippen LogP contribution in [0.2, 0.25) is 0 Å². The van der Waals surface area contributed by atoms with E-state index in [9.17, 15) is 14.3 Å². The summed E-state index contributed by atoms with van der Waals surface area (Å²) in [6.07, 6.45) is 1.72. The van der Waals surface area contributed by atoms with E-state index in [4.69, 9.17) is 0 Å². The number of aromatic carboxylic acids is 1. The van der Waals surface area contributed by atoms with Crippen LogP contribution in [0.5, 0.6) is 0 Å². The van der Waals surface area contributed by atoms with Gasteiger partial charge in [0.1, 0.15) is 11.5 Å². The van der Waals surface area contributed by atoms with E-state index in [0.717, 1.165) is 16.6 Å². The molecule has 6 heteroatoms. The summed E-state index contributed by atoms with van der Waals surface area (Å²) in [4.78, 5) is 16.4. The molecular formula is C23H20FN3O2. The number of pyridine rings is 1. The first-order chi connectivity index (χ1) is 14.1. The molecule has 2 heterocycles. The van der Waals surface area contributed by atoms with Gasteiger partial charge >= 0.3 is 5.97 Å². The van der Waals surface area contributed by atoms with E-state index >= 15 is 0 Å². The summed E-state index contributed by atoms with van der Waals surface area (Å²) >= 11 is 0. The summed E-state index contributed by atoms with van der Waals surface area (Å²) in [6.45, 7) is 1.03. The number of halogens is 1. The monoisotopic (exact) mass is 389 g/mol. The van der Waals surface area contributed by atoms with Crippen molar-refractivity contribution >= 4 is 16.9 Å². The molecule has 29 heavy (non-hydrogen) atoms. The number of aromatic nitrogens is 2. The Labute approximate surface area is 167 Å². The minimum Gasteiger partial charge on any atom is -0.477 e. The Hall–Kier alpha value is -3.51. The zero-order chi connectivity index (χ0) is 20.2. The van der Waals surface area contributed by atoms with Crippen molar-refractivity contribution in [2.45, 2.75) is 19.6 Å². The molecule has 2 N–H and O–H groups in total. The molecule has 0 amide bonds. The average molecular weight is 389 g/mol. The molecule has 2 aromatic heterocycles. The fraction of sp³-hybridized carbons (Fsp3) is 0.130. The minimum absolute atomic E-state index is 0.148. The van der Waals surface area contributed by atoms with Crippen LogP contribution in [0.4, 0.5) is 4.39 Å². The van der Waals surface area contributed by atoms with Gasteiger partial charge in [0, 0.05) is 41.3 Å². The summed E-state index contributed by atoms with van der Waals surface area (Å²) in [5.74, 6) is -1.39. The van der Waals surface area contributed by atoms with Crippen LogP contribution in [0.15, 0.2) is 72.9 Å². The van der Waals surface area contributed by atoms with E-state index in [1.165, 1.54) is 6.07 Å². The molecule has 0 aliphatic rings. The predicted octanol–water partition coefficient (Wildman–Crippen LogP) is 4.21. The highest BCUT2D eigenvalue weighted by atomic mass is 19.1. The van der Waals surface area contributed by atoms with Crippen LogP contribution >= 0.6 is 0 Å². The third kappa shape index (κ3) is 3.88. The Morgan fingerprint density at radius 1 is 1.00 bits per heavy atom. The average Bonchev–Trinajstić information content (AvgIpc) is 3.04. The molecule has 0 fully saturated rings. The first-order valence-corrected chi connectivity index (χ1v) is 9.32. The highest BCUT2D eigenvalue weighted by molar-refractivity contribution is 5.98. The van der Waals surface area contributed by atoms with Crippen molar-refractivity contribution in [2.24, 2.45) is 0 Å². The fourth-order valence-electron chi connectivity index (χ4n) is 3.58. The third-order valence-electron chi connectivity index (χ3n) is 4.90. The Morgan fingerprint density at radius 2 is 1.76 bits per heavy atom. The molecule has 0 spiro atoms. The van der Waals surface area contributed by atoms with Gasteiger partial charge in [0.25, 0.3) is 0 Å². The number of carboxylic acids is 1. The van der Waals surface area contributed by atoms with Gasteiger partial charge in [-0.2, -0.15) is 0 Å². The number of hydrogen-bond acceptors (Lipinski definition) is 3. The topological polar surface area (TPSA) is 67.2 Å². The maximum Gasteiger partial charge on any atom is 0.352 e. The van der Waals surface area contributed by atoms with Crippen LogP contribution in [0, 0.1) is 5.82 Å². The molecule has 0 bridgehead atoms. The van der Waals surface area contributed by atoms with Crippen LogP contribution in [-0.4, -0.2) is 20.6 Å². The Morgan fingerprint density at radius 3 is 2.52 bits per heavy atom. The zero-order valence-corrected chi connectivity index (χ0v) is 15.7. The van der Waals surface area contributed by atoms with Crippen molar-refractivity contribution in [3.05, 3.63) is 101 Å². The number of carbonyl (C=O) groups is 1. The molecule has 0 aliphatic carbocycles. The number of rotatable bonds is 7. The second kappa shape index (κ2) is 8.24. The van der Waals surface area contributed by atoms with Crippen LogP contribution < -0.4 is 5.32 Å². The third-order valence-corrected chi connectivity index (χ3v) is 4.90. The van der Waals surface area contributed by atoms with Crippen molar-refractivity contribution in [3.63, 3.8) is 0 Å². The van der Waals surface area contributed by atoms with Gasteiger partial charge in [0.2, 0.25) is 0 Å². The van der Waals surface area contributed by atoms with E-state index in [-0.39, 0.29) is 18.1 Å². The summed E-state index contributed by atoms with van der Waals surface area (Å²) in [5, 5.41) is 14.1. The largest absolute Gasteiger partial charge is 0.477 e. The summed E-state index contributed by atoms with van der Waals surface area (Å²) in [7, 11) is 0. The Balaban J connectivity index is 1.72. The van der Waals surface area contributed by atoms with Crippen LogP contribution in [-0.2, 0) is 19.6 Å². The molecule has 4 rings (SSSR count). The van der Waals surface area contributed by atoms with Gasteiger partial charge in [0.15, 0.2) is 0 Å². The summed E-state index contributed by atoms with van der Waals surface area (Å²) < 4.78 is 15.9. The molecule has 146 valence electrons. The van der Waals surface area contributed by atoms with Gasteiger partial charge in [-0.1, -0.05) is 42.5 Å². The smallest absolute Gasteiger partial charge is 0.352 e. The first-order valence-electron chi connectivity index (χ1n) is 9.32. The minimum atomic E-state index is -1.04. The maximum absolute atomic E-state index is 14.2. The highest BCUT2D eigenvalue weighted by Crippen LogP contribution is 2.28. The van der Waals surface area contributed by atoms with Gasteiger partial charge in [-0.05, 0) is 24.3 Å². The first kappa shape index (κ1) is 18.8. The van der Waals surface area contributed by atoms with Crippen molar-refractivity contribution in [2.75, 3.05) is 0 Å². The summed E-state index contributed by atoms with van der Waals surface area (Å²) in [6, 6.07) is 19.6. The molecule has 0 radical (unpaired) electrons. The van der Waals surface area contributed by atoms with Crippen molar-refractivity contribution in [1.29, 1.82) is 0 Å². The predicted molar refractivity (Wildman–Crippen MR) is 109 cm³/mol. The fourth-order valence-corrected chi connectivity index (χ4v) is 3.58. The molecule has 0 unspecified atom stereocenters. The van der Waals surface area contributed by atoms with Crippen molar-refractivity contribution < 1.29 is 14.3 Å². The van der Waals surface area contributed by atoms with Crippen LogP contribution in [0.1, 0.15) is 27.3 Å². The molecule has 0 saturated heterocycles. The van der Waals surface area contributed by atoms with E-state index < -0.39 is 5.97 Å². The Kier molecular flexibility index (Phi) is 5.35. The van der Waals surface area contributed by atoms with Gasteiger partial charge in [0.05, 0.1) is 12.2 Å². The zero-order valence-electron chi connectivity index (χ0n) is 15.7. The SMILES string of the molecule is O=C(O)c1c(CNCc2ccccn2)c2ccccc2n1Cc1ccccc1F. The number of hydrogen-bond donors (Lipinski definition) is 2. The van der Waals surface area contributed by atoms with E-state index in [1.54, 1.807) is 29.0 Å². The normalized spacial score (nSPS) is 11.1. The highest BCUT2D eigenvalue weighted by Gasteiger charge is 2.22. The lowest BCUT2D eigenvalue weighted by Gasteiger charge is -2.10. The molecule has 4 aromatic rings. The van der Waals surface area contributed by atoms with Crippen LogP contribution in [0.3, 0.4) is 0 Å². The van der Waals surface area contributed by atoms with Crippen LogP contribution in [0.25, 0.3) is 10.9 Å². The number of nitrogens with zero attached hydrogens (tertiary/aromatic N) is 2. The lowest BCUT2D eigenvalue weighted by Crippen LogP contribution is -2.17. The number of benzene rings is 2. The van der Waals surface area contributed by atoms with E-state index in [1.807, 2.05) is 42.5 Å². The van der Waals surface area contributed by atoms with Crippen molar-refractivity contribution in [3.8, 4) is 0 Å². The molecule has 0 aliphatic heterocycles. The standard InChI is InChI=1S/C23H20FN3O2/c24-20-10-3-1-7-16(20)15-27-21-11-4-2-9-18(21)19(22(27)23(28)29)14-25-13-17-8-5-6-12-26-17/h1-12,25H,13-15H2,(H,28,29). The van der Waals surface area contributed by atoms with Crippen molar-refractivity contribution in [1.82, 2.24) is 14.9 Å². The molecule has 2 aromatic carbocycles. The van der Waals surface area contributed by atoms with Gasteiger partial charge < -0.3 is 15.0 Å². The number of carboxylic acid groups (broad SMARTS) is 1. The molecular weight excluding hydrogens is 369 g/mol. The molecule has 0 atom stereocenters. The quantitative estimate of drug-likeness (QED) is 0.497. The maximum atomic E-state index is 14.2. The number of nitrogens with one attached hydrogen (secondary N) is 1. The molecule has 5 nitrogen and oxygen atoms in total. The number of para-hydroxylation sites is 1. The lowest BCUT2D eigenvalue weighted by atomic mass is 10.1. The Bertz CT molecular complexity index is 1160. The molecule has 0 saturated carbocycles. The number of fused-ring (bicyclic) bond motifs is 1. The van der Waals surface area contributed by atoms with E-state index in [0.29, 0.717) is 24.2 Å². The van der Waals surface area contributed by atoms with E-state index in [2.05, 4.69) is 10.3 Å². The second-order valence-electron chi connectivity index (χ2n) is 6.75. The second-order valence-corrected chi connectivity index (χ2v) is 6.75. The van der Waals surface area contributed by atoms with Gasteiger partial charge in [-0.25, -0.2) is 9.18 Å².